The fourth-order valence-corrected chi connectivity index (χ4v) is 7.60. The summed E-state index contributed by atoms with van der Waals surface area (Å²) in [5.41, 5.74) is 0.155. The maximum Gasteiger partial charge on any atom is 0.573 e. The third-order valence-electron chi connectivity index (χ3n) is 6.33. The molecule has 2 aliphatic rings. The Labute approximate surface area is 225 Å². The number of carbonyl (C=O) groups excluding carboxylic acids is 1. The number of alkyl halides is 3. The summed E-state index contributed by atoms with van der Waals surface area (Å²) in [6, 6.07) is 9.60. The second kappa shape index (κ2) is 11.0. The predicted molar refractivity (Wildman–Crippen MR) is 133 cm³/mol. The average Bonchev–Trinajstić information content (AvgIpc) is 2.87. The zero-order valence-electron chi connectivity index (χ0n) is 21.2. The number of hydrogen-bond acceptors (Lipinski definition) is 7. The SMILES string of the molecule is C[C@@H]1CN(S(=O)(=O)c2cccc(C(=O)N3CCN(S(=O)(=O)c4ccc(OC(F)(F)F)cc4)CC3)c2)C[C@H](C)O1. The number of amides is 1. The molecule has 4 rings (SSSR count). The Morgan fingerprint density at radius 3 is 1.97 bits per heavy atom. The lowest BCUT2D eigenvalue weighted by atomic mass is 10.2. The van der Waals surface area contributed by atoms with Crippen LogP contribution in [0.5, 0.6) is 5.75 Å². The Morgan fingerprint density at radius 1 is 0.846 bits per heavy atom. The summed E-state index contributed by atoms with van der Waals surface area (Å²) in [7, 11) is -7.88. The average molecular weight is 592 g/mol. The first-order chi connectivity index (χ1) is 18.2. The van der Waals surface area contributed by atoms with E-state index >= 15 is 0 Å². The summed E-state index contributed by atoms with van der Waals surface area (Å²) in [5.74, 6) is -0.986. The molecule has 15 heteroatoms. The number of nitrogens with zero attached hydrogens (tertiary/aromatic N) is 3. The van der Waals surface area contributed by atoms with Crippen LogP contribution in [0.1, 0.15) is 24.2 Å². The number of morpholine rings is 1. The van der Waals surface area contributed by atoms with E-state index in [1.807, 2.05) is 0 Å². The minimum Gasteiger partial charge on any atom is -0.406 e. The maximum absolute atomic E-state index is 13.2. The molecule has 2 aromatic carbocycles. The number of sulfonamides is 2. The zero-order valence-corrected chi connectivity index (χ0v) is 22.8. The van der Waals surface area contributed by atoms with Gasteiger partial charge in [0.25, 0.3) is 5.91 Å². The number of benzene rings is 2. The van der Waals surface area contributed by atoms with Gasteiger partial charge < -0.3 is 14.4 Å². The Hall–Kier alpha value is -2.72. The van der Waals surface area contributed by atoms with Crippen LogP contribution in [0.2, 0.25) is 0 Å². The highest BCUT2D eigenvalue weighted by Gasteiger charge is 2.35. The van der Waals surface area contributed by atoms with Crippen molar-refractivity contribution in [3.8, 4) is 5.75 Å². The fourth-order valence-electron chi connectivity index (χ4n) is 4.54. The molecule has 0 spiro atoms. The van der Waals surface area contributed by atoms with Gasteiger partial charge in [-0.1, -0.05) is 6.07 Å². The summed E-state index contributed by atoms with van der Waals surface area (Å²) in [4.78, 5) is 14.4. The summed E-state index contributed by atoms with van der Waals surface area (Å²) in [6.07, 6.45) is -5.44. The number of carbonyl (C=O) groups is 1. The van der Waals surface area contributed by atoms with Crippen LogP contribution in [0, 0.1) is 0 Å². The van der Waals surface area contributed by atoms with Gasteiger partial charge in [0.1, 0.15) is 5.75 Å². The van der Waals surface area contributed by atoms with Crippen LogP contribution in [0.3, 0.4) is 0 Å². The first-order valence-corrected chi connectivity index (χ1v) is 15.0. The van der Waals surface area contributed by atoms with E-state index in [0.29, 0.717) is 0 Å². The molecule has 2 aliphatic heterocycles. The van der Waals surface area contributed by atoms with Gasteiger partial charge in [0.05, 0.1) is 22.0 Å². The number of hydrogen-bond donors (Lipinski definition) is 0. The molecule has 214 valence electrons. The molecule has 2 atom stereocenters. The van der Waals surface area contributed by atoms with E-state index in [-0.39, 0.29) is 66.8 Å². The number of rotatable bonds is 6. The van der Waals surface area contributed by atoms with E-state index in [1.165, 1.54) is 33.5 Å². The molecule has 39 heavy (non-hydrogen) atoms. The van der Waals surface area contributed by atoms with Crippen LogP contribution >= 0.6 is 0 Å². The van der Waals surface area contributed by atoms with Crippen molar-refractivity contribution in [3.05, 3.63) is 54.1 Å². The van der Waals surface area contributed by atoms with Crippen LogP contribution in [0.15, 0.2) is 58.3 Å². The molecule has 0 aromatic heterocycles. The molecule has 0 saturated carbocycles. The van der Waals surface area contributed by atoms with Gasteiger partial charge in [-0.05, 0) is 56.3 Å². The number of ether oxygens (including phenoxy) is 2. The number of piperazine rings is 1. The van der Waals surface area contributed by atoms with Crippen molar-refractivity contribution in [2.75, 3.05) is 39.3 Å². The Bertz CT molecular complexity index is 1400. The lowest BCUT2D eigenvalue weighted by Gasteiger charge is -2.35. The summed E-state index contributed by atoms with van der Waals surface area (Å²) in [5, 5.41) is 0. The third kappa shape index (κ3) is 6.72. The molecule has 0 N–H and O–H groups in total. The van der Waals surface area contributed by atoms with Crippen LogP contribution in [-0.2, 0) is 24.8 Å². The van der Waals surface area contributed by atoms with E-state index in [0.717, 1.165) is 28.6 Å². The molecule has 2 aromatic rings. The first-order valence-electron chi connectivity index (χ1n) is 12.1. The lowest BCUT2D eigenvalue weighted by Crippen LogP contribution is -2.50. The molecular formula is C24H28F3N3O7S2. The van der Waals surface area contributed by atoms with Crippen molar-refractivity contribution in [2.45, 2.75) is 42.2 Å². The topological polar surface area (TPSA) is 114 Å². The van der Waals surface area contributed by atoms with E-state index in [1.54, 1.807) is 13.8 Å². The van der Waals surface area contributed by atoms with Crippen molar-refractivity contribution in [1.29, 1.82) is 0 Å². The molecule has 2 fully saturated rings. The van der Waals surface area contributed by atoms with E-state index in [2.05, 4.69) is 4.74 Å². The monoisotopic (exact) mass is 591 g/mol. The Kier molecular flexibility index (Phi) is 8.28. The van der Waals surface area contributed by atoms with Crippen molar-refractivity contribution < 1.29 is 44.3 Å². The molecule has 0 bridgehead atoms. The molecular weight excluding hydrogens is 563 g/mol. The van der Waals surface area contributed by atoms with Crippen molar-refractivity contribution in [1.82, 2.24) is 13.5 Å². The van der Waals surface area contributed by atoms with Crippen molar-refractivity contribution in [3.63, 3.8) is 0 Å². The van der Waals surface area contributed by atoms with Gasteiger partial charge in [-0.25, -0.2) is 16.8 Å². The van der Waals surface area contributed by atoms with E-state index in [9.17, 15) is 34.8 Å². The largest absolute Gasteiger partial charge is 0.573 e. The summed E-state index contributed by atoms with van der Waals surface area (Å²) in [6.45, 7) is 3.96. The minimum absolute atomic E-state index is 0.0196. The van der Waals surface area contributed by atoms with Crippen molar-refractivity contribution in [2.24, 2.45) is 0 Å². The van der Waals surface area contributed by atoms with Crippen molar-refractivity contribution >= 4 is 26.0 Å². The lowest BCUT2D eigenvalue weighted by molar-refractivity contribution is -0.274. The molecule has 2 saturated heterocycles. The van der Waals surface area contributed by atoms with Gasteiger partial charge >= 0.3 is 6.36 Å². The van der Waals surface area contributed by atoms with Gasteiger partial charge in [0, 0.05) is 44.8 Å². The predicted octanol–water partition coefficient (Wildman–Crippen LogP) is 2.53. The van der Waals surface area contributed by atoms with E-state index in [4.69, 9.17) is 4.74 Å². The number of halogens is 3. The second-order valence-electron chi connectivity index (χ2n) is 9.32. The standard InChI is InChI=1S/C24H28F3N3O7S2/c1-17-15-30(16-18(2)36-17)39(34,35)22-5-3-4-19(14-22)23(31)28-10-12-29(13-11-28)38(32,33)21-8-6-20(7-9-21)37-24(25,26)27/h3-9,14,17-18H,10-13,15-16H2,1-2H3/t17-,18+. The third-order valence-corrected chi connectivity index (χ3v) is 10.1. The highest BCUT2D eigenvalue weighted by Crippen LogP contribution is 2.26. The Morgan fingerprint density at radius 2 is 1.41 bits per heavy atom. The smallest absolute Gasteiger partial charge is 0.406 e. The fraction of sp³-hybridized carbons (Fsp3) is 0.458. The van der Waals surface area contributed by atoms with Crippen LogP contribution in [-0.4, -0.2) is 94.1 Å². The van der Waals surface area contributed by atoms with Gasteiger partial charge in [0.15, 0.2) is 0 Å². The first kappa shape index (κ1) is 29.3. The highest BCUT2D eigenvalue weighted by atomic mass is 32.2. The van der Waals surface area contributed by atoms with Gasteiger partial charge in [-0.2, -0.15) is 8.61 Å². The molecule has 0 radical (unpaired) electrons. The van der Waals surface area contributed by atoms with Crippen LogP contribution < -0.4 is 4.74 Å². The molecule has 2 heterocycles. The van der Waals surface area contributed by atoms with Gasteiger partial charge in [0.2, 0.25) is 20.0 Å². The Balaban J connectivity index is 1.42. The minimum atomic E-state index is -4.90. The van der Waals surface area contributed by atoms with Crippen LogP contribution in [0.25, 0.3) is 0 Å². The van der Waals surface area contributed by atoms with Crippen LogP contribution in [0.4, 0.5) is 13.2 Å². The zero-order chi connectivity index (χ0) is 28.6. The summed E-state index contributed by atoms with van der Waals surface area (Å²) < 4.78 is 101. The quantitative estimate of drug-likeness (QED) is 0.507. The van der Waals surface area contributed by atoms with Gasteiger partial charge in [-0.15, -0.1) is 13.2 Å². The normalized spacial score (nSPS) is 22.0. The van der Waals surface area contributed by atoms with E-state index < -0.39 is 38.1 Å². The van der Waals surface area contributed by atoms with Gasteiger partial charge in [-0.3, -0.25) is 4.79 Å². The maximum atomic E-state index is 13.2. The molecule has 1 amide bonds. The molecule has 10 nitrogen and oxygen atoms in total. The second-order valence-corrected chi connectivity index (χ2v) is 13.2. The summed E-state index contributed by atoms with van der Waals surface area (Å²) >= 11 is 0. The highest BCUT2D eigenvalue weighted by molar-refractivity contribution is 7.89. The molecule has 0 aliphatic carbocycles. The molecule has 0 unspecified atom stereocenters.